The van der Waals surface area contributed by atoms with Crippen LogP contribution in [-0.2, 0) is 0 Å². The highest BCUT2D eigenvalue weighted by molar-refractivity contribution is 6.44. The smallest absolute Gasteiger partial charge is 0.291 e. The number of nitrogens with one attached hydrogen (secondary N) is 1. The summed E-state index contributed by atoms with van der Waals surface area (Å²) in [6.45, 7) is 0. The van der Waals surface area contributed by atoms with Crippen LogP contribution in [0.4, 0.5) is 5.69 Å². The lowest BCUT2D eigenvalue weighted by Crippen LogP contribution is -2.11. The summed E-state index contributed by atoms with van der Waals surface area (Å²) >= 11 is 23.8. The first-order chi connectivity index (χ1) is 11.4. The third kappa shape index (κ3) is 3.70. The van der Waals surface area contributed by atoms with Crippen molar-refractivity contribution in [3.05, 3.63) is 74.4 Å². The standard InChI is InChI=1S/C17H9Cl4NO2/c18-10-3-1-2-9(6-10)15-4-5-16(24-15)17(23)22-14-8-12(20)11(19)7-13(14)21/h1-8H,(H,22,23). The Bertz CT molecular complexity index is 921. The molecule has 24 heavy (non-hydrogen) atoms. The van der Waals surface area contributed by atoms with Crippen molar-refractivity contribution in [2.75, 3.05) is 5.32 Å². The molecule has 0 aliphatic carbocycles. The Labute approximate surface area is 158 Å². The zero-order valence-electron chi connectivity index (χ0n) is 11.9. The van der Waals surface area contributed by atoms with Gasteiger partial charge in [0.1, 0.15) is 5.76 Å². The minimum atomic E-state index is -0.455. The molecule has 1 N–H and O–H groups in total. The zero-order valence-corrected chi connectivity index (χ0v) is 15.0. The summed E-state index contributed by atoms with van der Waals surface area (Å²) < 4.78 is 5.58. The Morgan fingerprint density at radius 1 is 0.875 bits per heavy atom. The number of carbonyl (C=O) groups excluding carboxylic acids is 1. The number of carbonyl (C=O) groups is 1. The molecule has 2 aromatic carbocycles. The lowest BCUT2D eigenvalue weighted by molar-refractivity contribution is 0.0997. The average molecular weight is 401 g/mol. The van der Waals surface area contributed by atoms with E-state index in [0.29, 0.717) is 21.5 Å². The Kier molecular flexibility index (Phi) is 5.07. The van der Waals surface area contributed by atoms with Gasteiger partial charge in [-0.15, -0.1) is 0 Å². The number of furan rings is 1. The lowest BCUT2D eigenvalue weighted by atomic mass is 10.2. The maximum atomic E-state index is 12.3. The van der Waals surface area contributed by atoms with Crippen molar-refractivity contribution in [2.24, 2.45) is 0 Å². The molecule has 0 saturated carbocycles. The molecular weight excluding hydrogens is 392 g/mol. The fourth-order valence-electron chi connectivity index (χ4n) is 2.06. The molecule has 0 aliphatic heterocycles. The van der Waals surface area contributed by atoms with Crippen LogP contribution in [0.5, 0.6) is 0 Å². The summed E-state index contributed by atoms with van der Waals surface area (Å²) in [6.07, 6.45) is 0. The van der Waals surface area contributed by atoms with Gasteiger partial charge in [-0.3, -0.25) is 4.79 Å². The van der Waals surface area contributed by atoms with Gasteiger partial charge in [-0.25, -0.2) is 0 Å². The van der Waals surface area contributed by atoms with Crippen molar-refractivity contribution < 1.29 is 9.21 Å². The molecule has 3 nitrogen and oxygen atoms in total. The molecule has 7 heteroatoms. The second-order valence-electron chi connectivity index (χ2n) is 4.87. The molecule has 0 saturated heterocycles. The molecule has 0 aliphatic rings. The van der Waals surface area contributed by atoms with Gasteiger partial charge in [-0.1, -0.05) is 58.5 Å². The van der Waals surface area contributed by atoms with E-state index in [-0.39, 0.29) is 15.8 Å². The second kappa shape index (κ2) is 7.08. The quantitative estimate of drug-likeness (QED) is 0.490. The lowest BCUT2D eigenvalue weighted by Gasteiger charge is -2.07. The predicted molar refractivity (Wildman–Crippen MR) is 98.6 cm³/mol. The SMILES string of the molecule is O=C(Nc1cc(Cl)c(Cl)cc1Cl)c1ccc(-c2cccc(Cl)c2)o1. The van der Waals surface area contributed by atoms with Crippen molar-refractivity contribution in [3.63, 3.8) is 0 Å². The van der Waals surface area contributed by atoms with Crippen LogP contribution < -0.4 is 5.32 Å². The molecule has 0 bridgehead atoms. The predicted octanol–water partition coefficient (Wildman–Crippen LogP) is 6.81. The van der Waals surface area contributed by atoms with Gasteiger partial charge in [0, 0.05) is 10.6 Å². The van der Waals surface area contributed by atoms with E-state index in [1.165, 1.54) is 12.1 Å². The van der Waals surface area contributed by atoms with Gasteiger partial charge in [0.25, 0.3) is 5.91 Å². The molecule has 0 atom stereocenters. The third-order valence-electron chi connectivity index (χ3n) is 3.20. The van der Waals surface area contributed by atoms with E-state index in [2.05, 4.69) is 5.32 Å². The second-order valence-corrected chi connectivity index (χ2v) is 6.53. The number of hydrogen-bond acceptors (Lipinski definition) is 2. The minimum absolute atomic E-state index is 0.132. The summed E-state index contributed by atoms with van der Waals surface area (Å²) in [5.41, 5.74) is 1.12. The van der Waals surface area contributed by atoms with Gasteiger partial charge in [0.15, 0.2) is 5.76 Å². The molecule has 3 rings (SSSR count). The average Bonchev–Trinajstić information content (AvgIpc) is 3.02. The third-order valence-corrected chi connectivity index (χ3v) is 4.47. The highest BCUT2D eigenvalue weighted by Crippen LogP contribution is 2.33. The summed E-state index contributed by atoms with van der Waals surface area (Å²) in [5, 5.41) is 4.09. The highest BCUT2D eigenvalue weighted by Gasteiger charge is 2.15. The van der Waals surface area contributed by atoms with Gasteiger partial charge in [-0.05, 0) is 36.4 Å². The van der Waals surface area contributed by atoms with Crippen LogP contribution in [0, 0.1) is 0 Å². The number of amides is 1. The molecule has 1 amide bonds. The number of hydrogen-bond donors (Lipinski definition) is 1. The summed E-state index contributed by atoms with van der Waals surface area (Å²) in [6, 6.07) is 13.3. The molecule has 0 unspecified atom stereocenters. The van der Waals surface area contributed by atoms with Crippen molar-refractivity contribution in [1.29, 1.82) is 0 Å². The van der Waals surface area contributed by atoms with Gasteiger partial charge < -0.3 is 9.73 Å². The fourth-order valence-corrected chi connectivity index (χ4v) is 2.84. The van der Waals surface area contributed by atoms with Gasteiger partial charge in [-0.2, -0.15) is 0 Å². The maximum Gasteiger partial charge on any atom is 0.291 e. The van der Waals surface area contributed by atoms with Gasteiger partial charge in [0.2, 0.25) is 0 Å². The first kappa shape index (κ1) is 17.2. The molecule has 3 aromatic rings. The summed E-state index contributed by atoms with van der Waals surface area (Å²) in [4.78, 5) is 12.3. The zero-order chi connectivity index (χ0) is 17.3. The van der Waals surface area contributed by atoms with E-state index in [4.69, 9.17) is 50.8 Å². The van der Waals surface area contributed by atoms with Crippen LogP contribution in [0.1, 0.15) is 10.6 Å². The molecule has 1 aromatic heterocycles. The van der Waals surface area contributed by atoms with Gasteiger partial charge in [0.05, 0.1) is 20.8 Å². The van der Waals surface area contributed by atoms with E-state index in [1.807, 2.05) is 6.07 Å². The Hall–Kier alpha value is -1.65. The van der Waals surface area contributed by atoms with E-state index in [1.54, 1.807) is 30.3 Å². The van der Waals surface area contributed by atoms with Crippen molar-refractivity contribution in [2.45, 2.75) is 0 Å². The molecule has 122 valence electrons. The Morgan fingerprint density at radius 3 is 2.38 bits per heavy atom. The van der Waals surface area contributed by atoms with E-state index < -0.39 is 5.91 Å². The maximum absolute atomic E-state index is 12.3. The first-order valence-electron chi connectivity index (χ1n) is 6.76. The van der Waals surface area contributed by atoms with Crippen LogP contribution in [0.3, 0.4) is 0 Å². The number of benzene rings is 2. The number of anilines is 1. The van der Waals surface area contributed by atoms with E-state index in [0.717, 1.165) is 5.56 Å². The van der Waals surface area contributed by atoms with Crippen molar-refractivity contribution in [3.8, 4) is 11.3 Å². The first-order valence-corrected chi connectivity index (χ1v) is 8.27. The topological polar surface area (TPSA) is 42.2 Å². The highest BCUT2D eigenvalue weighted by atomic mass is 35.5. The van der Waals surface area contributed by atoms with Crippen LogP contribution in [-0.4, -0.2) is 5.91 Å². The van der Waals surface area contributed by atoms with Crippen molar-refractivity contribution in [1.82, 2.24) is 0 Å². The van der Waals surface area contributed by atoms with Crippen LogP contribution >= 0.6 is 46.4 Å². The molecule has 1 heterocycles. The van der Waals surface area contributed by atoms with Crippen LogP contribution in [0.25, 0.3) is 11.3 Å². The minimum Gasteiger partial charge on any atom is -0.451 e. The number of halogens is 4. The molecule has 0 radical (unpaired) electrons. The molecular formula is C17H9Cl4NO2. The van der Waals surface area contributed by atoms with E-state index >= 15 is 0 Å². The Balaban J connectivity index is 1.83. The van der Waals surface area contributed by atoms with Gasteiger partial charge >= 0.3 is 0 Å². The van der Waals surface area contributed by atoms with E-state index in [9.17, 15) is 4.79 Å². The van der Waals surface area contributed by atoms with Crippen LogP contribution in [0.2, 0.25) is 20.1 Å². The fraction of sp³-hybridized carbons (Fsp3) is 0. The largest absolute Gasteiger partial charge is 0.451 e. The monoisotopic (exact) mass is 399 g/mol. The van der Waals surface area contributed by atoms with Crippen molar-refractivity contribution >= 4 is 58.0 Å². The summed E-state index contributed by atoms with van der Waals surface area (Å²) in [7, 11) is 0. The number of rotatable bonds is 3. The normalized spacial score (nSPS) is 10.7. The van der Waals surface area contributed by atoms with Crippen LogP contribution in [0.15, 0.2) is 52.9 Å². The summed E-state index contributed by atoms with van der Waals surface area (Å²) in [5.74, 6) is 0.207. The molecule has 0 spiro atoms. The Morgan fingerprint density at radius 2 is 1.62 bits per heavy atom. The molecule has 0 fully saturated rings.